The molecule has 0 heterocycles. The topological polar surface area (TPSA) is 12.0 Å². The van der Waals surface area contributed by atoms with E-state index in [0.29, 0.717) is 6.54 Å². The lowest BCUT2D eigenvalue weighted by atomic mass is 10.1. The predicted molar refractivity (Wildman–Crippen MR) is 83.4 cm³/mol. The van der Waals surface area contributed by atoms with Crippen molar-refractivity contribution < 1.29 is 13.2 Å². The van der Waals surface area contributed by atoms with Crippen LogP contribution in [0.2, 0.25) is 0 Å². The molecule has 0 aromatic heterocycles. The summed E-state index contributed by atoms with van der Waals surface area (Å²) in [6.45, 7) is 3.89. The van der Waals surface area contributed by atoms with Crippen LogP contribution in [-0.2, 0) is 6.54 Å². The van der Waals surface area contributed by atoms with Crippen molar-refractivity contribution in [3.05, 3.63) is 29.8 Å². The number of rotatable bonds is 10. The number of halogens is 3. The van der Waals surface area contributed by atoms with E-state index < -0.39 is 5.51 Å². The zero-order valence-corrected chi connectivity index (χ0v) is 13.3. The van der Waals surface area contributed by atoms with E-state index in [9.17, 15) is 13.2 Å². The third kappa shape index (κ3) is 9.80. The summed E-state index contributed by atoms with van der Waals surface area (Å²) in [5, 5.41) is 3.33. The van der Waals surface area contributed by atoms with Crippen molar-refractivity contribution in [1.29, 1.82) is 0 Å². The molecule has 0 saturated heterocycles. The minimum absolute atomic E-state index is 0.0696. The minimum atomic E-state index is -4.21. The molecule has 5 heteroatoms. The van der Waals surface area contributed by atoms with Gasteiger partial charge >= 0.3 is 5.51 Å². The van der Waals surface area contributed by atoms with Crippen LogP contribution in [0.3, 0.4) is 0 Å². The van der Waals surface area contributed by atoms with E-state index >= 15 is 0 Å². The number of thioether (sulfide) groups is 1. The molecule has 0 unspecified atom stereocenters. The summed E-state index contributed by atoms with van der Waals surface area (Å²) in [6.07, 6.45) is 7.59. The number of unbranched alkanes of at least 4 members (excludes halogenated alkanes) is 5. The Morgan fingerprint density at radius 3 is 2.19 bits per heavy atom. The Morgan fingerprint density at radius 2 is 1.57 bits per heavy atom. The van der Waals surface area contributed by atoms with Gasteiger partial charge in [-0.25, -0.2) is 0 Å². The van der Waals surface area contributed by atoms with Crippen molar-refractivity contribution in [2.24, 2.45) is 0 Å². The van der Waals surface area contributed by atoms with Crippen molar-refractivity contribution in [1.82, 2.24) is 5.32 Å². The van der Waals surface area contributed by atoms with Crippen LogP contribution < -0.4 is 5.32 Å². The molecule has 1 aromatic rings. The highest BCUT2D eigenvalue weighted by molar-refractivity contribution is 8.00. The molecule has 0 amide bonds. The van der Waals surface area contributed by atoms with Crippen LogP contribution in [-0.4, -0.2) is 12.1 Å². The second-order valence-electron chi connectivity index (χ2n) is 5.14. The molecule has 0 aliphatic carbocycles. The summed E-state index contributed by atoms with van der Waals surface area (Å²) in [6, 6.07) is 6.56. The Labute approximate surface area is 129 Å². The predicted octanol–water partition coefficient (Wildman–Crippen LogP) is 5.75. The first kappa shape index (κ1) is 18.4. The van der Waals surface area contributed by atoms with E-state index in [1.807, 2.05) is 0 Å². The summed E-state index contributed by atoms with van der Waals surface area (Å²) in [7, 11) is 0. The molecular weight excluding hydrogens is 295 g/mol. The lowest BCUT2D eigenvalue weighted by Gasteiger charge is -2.08. The zero-order valence-electron chi connectivity index (χ0n) is 12.5. The summed E-state index contributed by atoms with van der Waals surface area (Å²) in [5.74, 6) is 0. The first-order valence-electron chi connectivity index (χ1n) is 7.56. The van der Waals surface area contributed by atoms with Gasteiger partial charge in [-0.05, 0) is 42.4 Å². The second kappa shape index (κ2) is 10.1. The van der Waals surface area contributed by atoms with Crippen LogP contribution in [0.1, 0.15) is 51.0 Å². The maximum atomic E-state index is 12.2. The van der Waals surface area contributed by atoms with Crippen molar-refractivity contribution in [2.75, 3.05) is 6.54 Å². The number of alkyl halides is 3. The Balaban J connectivity index is 2.13. The Morgan fingerprint density at radius 1 is 0.952 bits per heavy atom. The molecule has 0 aliphatic rings. The lowest BCUT2D eigenvalue weighted by Crippen LogP contribution is -2.14. The standard InChI is InChI=1S/C16H24F3NS/c1-2-3-4-5-6-7-12-20-13-14-8-10-15(11-9-14)21-16(17,18)19/h8-11,20H,2-7,12-13H2,1H3. The van der Waals surface area contributed by atoms with Crippen molar-refractivity contribution in [3.8, 4) is 0 Å². The van der Waals surface area contributed by atoms with Gasteiger partial charge in [-0.15, -0.1) is 0 Å². The van der Waals surface area contributed by atoms with Crippen molar-refractivity contribution in [2.45, 2.75) is 62.4 Å². The van der Waals surface area contributed by atoms with E-state index in [0.717, 1.165) is 18.5 Å². The van der Waals surface area contributed by atoms with Crippen molar-refractivity contribution in [3.63, 3.8) is 0 Å². The summed E-state index contributed by atoms with van der Waals surface area (Å²) in [4.78, 5) is 0.238. The Bertz CT molecular complexity index is 376. The maximum Gasteiger partial charge on any atom is 0.446 e. The molecule has 0 radical (unpaired) electrons. The van der Waals surface area contributed by atoms with E-state index in [2.05, 4.69) is 12.2 Å². The third-order valence-electron chi connectivity index (χ3n) is 3.19. The third-order valence-corrected chi connectivity index (χ3v) is 3.93. The molecule has 1 rings (SSSR count). The minimum Gasteiger partial charge on any atom is -0.313 e. The zero-order chi connectivity index (χ0) is 15.6. The molecule has 0 fully saturated rings. The summed E-state index contributed by atoms with van der Waals surface area (Å²) in [5.41, 5.74) is -3.19. The molecule has 1 N–H and O–H groups in total. The fourth-order valence-electron chi connectivity index (χ4n) is 2.07. The number of hydrogen-bond donors (Lipinski definition) is 1. The normalized spacial score (nSPS) is 11.8. The molecule has 21 heavy (non-hydrogen) atoms. The molecular formula is C16H24F3NS. The molecule has 0 atom stereocenters. The molecule has 1 aromatic carbocycles. The van der Waals surface area contributed by atoms with Crippen LogP contribution in [0, 0.1) is 0 Å². The average Bonchev–Trinajstić information content (AvgIpc) is 2.42. The van der Waals surface area contributed by atoms with Gasteiger partial charge in [-0.1, -0.05) is 51.2 Å². The number of benzene rings is 1. The van der Waals surface area contributed by atoms with Gasteiger partial charge in [0, 0.05) is 11.4 Å². The molecule has 0 spiro atoms. The molecule has 0 aliphatic heterocycles. The highest BCUT2D eigenvalue weighted by Gasteiger charge is 2.28. The quantitative estimate of drug-likeness (QED) is 0.435. The Hall–Kier alpha value is -0.680. The van der Waals surface area contributed by atoms with Crippen molar-refractivity contribution >= 4 is 11.8 Å². The van der Waals surface area contributed by atoms with Gasteiger partial charge in [0.25, 0.3) is 0 Å². The summed E-state index contributed by atoms with van der Waals surface area (Å²) >= 11 is -0.0696. The largest absolute Gasteiger partial charge is 0.446 e. The average molecular weight is 319 g/mol. The number of nitrogens with one attached hydrogen (secondary N) is 1. The van der Waals surface area contributed by atoms with E-state index in [1.54, 1.807) is 12.1 Å². The highest BCUT2D eigenvalue weighted by Crippen LogP contribution is 2.36. The van der Waals surface area contributed by atoms with Crippen LogP contribution in [0.4, 0.5) is 13.2 Å². The number of hydrogen-bond acceptors (Lipinski definition) is 2. The maximum absolute atomic E-state index is 12.2. The van der Waals surface area contributed by atoms with E-state index in [1.165, 1.54) is 44.2 Å². The smallest absolute Gasteiger partial charge is 0.313 e. The van der Waals surface area contributed by atoms with E-state index in [4.69, 9.17) is 0 Å². The summed E-state index contributed by atoms with van der Waals surface area (Å²) < 4.78 is 36.6. The van der Waals surface area contributed by atoms with Crippen LogP contribution in [0.25, 0.3) is 0 Å². The van der Waals surface area contributed by atoms with Gasteiger partial charge in [0.2, 0.25) is 0 Å². The fraction of sp³-hybridized carbons (Fsp3) is 0.625. The Kier molecular flexibility index (Phi) is 8.85. The van der Waals surface area contributed by atoms with Gasteiger partial charge in [0.1, 0.15) is 0 Å². The van der Waals surface area contributed by atoms with Crippen LogP contribution in [0.15, 0.2) is 29.2 Å². The van der Waals surface area contributed by atoms with Gasteiger partial charge in [-0.3, -0.25) is 0 Å². The SMILES string of the molecule is CCCCCCCCNCc1ccc(SC(F)(F)F)cc1. The molecule has 120 valence electrons. The van der Waals surface area contributed by atoms with Gasteiger partial charge in [0.15, 0.2) is 0 Å². The van der Waals surface area contributed by atoms with E-state index in [-0.39, 0.29) is 16.7 Å². The fourth-order valence-corrected chi connectivity index (χ4v) is 2.61. The van der Waals surface area contributed by atoms with Gasteiger partial charge in [0.05, 0.1) is 0 Å². The molecule has 0 saturated carbocycles. The highest BCUT2D eigenvalue weighted by atomic mass is 32.2. The molecule has 0 bridgehead atoms. The van der Waals surface area contributed by atoms with Crippen LogP contribution in [0.5, 0.6) is 0 Å². The lowest BCUT2D eigenvalue weighted by molar-refractivity contribution is -0.0328. The van der Waals surface area contributed by atoms with Crippen LogP contribution >= 0.6 is 11.8 Å². The van der Waals surface area contributed by atoms with Gasteiger partial charge < -0.3 is 5.32 Å². The molecule has 1 nitrogen and oxygen atoms in total. The first-order chi connectivity index (χ1) is 10.0. The second-order valence-corrected chi connectivity index (χ2v) is 6.27. The monoisotopic (exact) mass is 319 g/mol. The first-order valence-corrected chi connectivity index (χ1v) is 8.38. The van der Waals surface area contributed by atoms with Gasteiger partial charge in [-0.2, -0.15) is 13.2 Å².